The van der Waals surface area contributed by atoms with Crippen LogP contribution in [0.15, 0.2) is 49.2 Å². The number of nitrogens with zero attached hydrogens (tertiary/aromatic N) is 7. The molecule has 0 spiro atoms. The van der Waals surface area contributed by atoms with E-state index in [1.807, 2.05) is 15.3 Å². The van der Waals surface area contributed by atoms with Crippen molar-refractivity contribution in [3.8, 4) is 17.2 Å². The molecule has 4 heterocycles. The van der Waals surface area contributed by atoms with Crippen molar-refractivity contribution in [3.05, 3.63) is 71.8 Å². The van der Waals surface area contributed by atoms with Crippen LogP contribution in [-0.2, 0) is 4.79 Å². The highest BCUT2D eigenvalue weighted by molar-refractivity contribution is 6.04. The molecular formula is C26H25FN8O2. The summed E-state index contributed by atoms with van der Waals surface area (Å²) >= 11 is 0. The molecule has 2 fully saturated rings. The molecule has 10 nitrogen and oxygen atoms in total. The second-order valence-electron chi connectivity index (χ2n) is 9.60. The molecule has 3 aromatic heterocycles. The van der Waals surface area contributed by atoms with Gasteiger partial charge >= 0.3 is 0 Å². The molecule has 0 unspecified atom stereocenters. The maximum Gasteiger partial charge on any atom is 0.259 e. The van der Waals surface area contributed by atoms with Crippen molar-refractivity contribution >= 4 is 17.6 Å². The Balaban J connectivity index is 1.23. The van der Waals surface area contributed by atoms with Gasteiger partial charge in [-0.2, -0.15) is 0 Å². The second-order valence-corrected chi connectivity index (χ2v) is 9.60. The van der Waals surface area contributed by atoms with E-state index < -0.39 is 11.7 Å². The number of halogens is 1. The van der Waals surface area contributed by atoms with E-state index in [0.717, 1.165) is 18.5 Å². The minimum Gasteiger partial charge on any atom is -0.339 e. The molecule has 1 aliphatic carbocycles. The van der Waals surface area contributed by atoms with Gasteiger partial charge in [-0.1, -0.05) is 6.07 Å². The molecule has 0 radical (unpaired) electrons. The molecule has 2 amide bonds. The van der Waals surface area contributed by atoms with Crippen LogP contribution in [0.2, 0.25) is 0 Å². The number of imidazole rings is 1. The summed E-state index contributed by atoms with van der Waals surface area (Å²) in [6.07, 6.45) is 7.52. The molecule has 1 aliphatic heterocycles. The Morgan fingerprint density at radius 3 is 2.70 bits per heavy atom. The highest BCUT2D eigenvalue weighted by Crippen LogP contribution is 2.39. The Labute approximate surface area is 212 Å². The molecule has 1 N–H and O–H groups in total. The van der Waals surface area contributed by atoms with Gasteiger partial charge in [0.1, 0.15) is 23.7 Å². The molecular weight excluding hydrogens is 475 g/mol. The first-order valence-corrected chi connectivity index (χ1v) is 12.2. The number of aryl methyl sites for hydroxylation is 1. The number of benzene rings is 1. The van der Waals surface area contributed by atoms with Gasteiger partial charge in [0.15, 0.2) is 5.82 Å². The fraction of sp³-hybridized carbons (Fsp3) is 0.308. The SMILES string of the molecule is CC(=O)N1CC(n2cnnc2-c2cccc(NC(=O)c3cc(-n4cnc(C5CC5)c4)c(C)cc3F)n2)C1. The van der Waals surface area contributed by atoms with Gasteiger partial charge in [0.25, 0.3) is 5.91 Å². The first-order valence-electron chi connectivity index (χ1n) is 12.2. The predicted octanol–water partition coefficient (Wildman–Crippen LogP) is 3.51. The first kappa shape index (κ1) is 23.0. The summed E-state index contributed by atoms with van der Waals surface area (Å²) in [4.78, 5) is 35.4. The Hall–Kier alpha value is -4.41. The molecule has 11 heteroatoms. The maximum atomic E-state index is 14.9. The van der Waals surface area contributed by atoms with E-state index in [0.29, 0.717) is 41.8 Å². The summed E-state index contributed by atoms with van der Waals surface area (Å²) in [5, 5.41) is 10.9. The molecule has 1 aromatic carbocycles. The maximum absolute atomic E-state index is 14.9. The van der Waals surface area contributed by atoms with Crippen LogP contribution in [0.1, 0.15) is 53.3 Å². The first-order chi connectivity index (χ1) is 17.9. The Bertz CT molecular complexity index is 1520. The number of carbonyl (C=O) groups excluding carboxylic acids is 2. The third kappa shape index (κ3) is 4.37. The molecule has 4 aromatic rings. The van der Waals surface area contributed by atoms with Crippen LogP contribution in [0.3, 0.4) is 0 Å². The monoisotopic (exact) mass is 500 g/mol. The van der Waals surface area contributed by atoms with Crippen LogP contribution in [0, 0.1) is 12.7 Å². The zero-order valence-corrected chi connectivity index (χ0v) is 20.4. The van der Waals surface area contributed by atoms with Gasteiger partial charge in [0.05, 0.1) is 29.3 Å². The third-order valence-corrected chi connectivity index (χ3v) is 6.90. The van der Waals surface area contributed by atoms with Crippen molar-refractivity contribution in [2.24, 2.45) is 0 Å². The number of pyridine rings is 1. The number of carbonyl (C=O) groups is 2. The van der Waals surface area contributed by atoms with Crippen molar-refractivity contribution in [3.63, 3.8) is 0 Å². The normalized spacial score (nSPS) is 15.5. The van der Waals surface area contributed by atoms with E-state index in [1.54, 1.807) is 42.7 Å². The van der Waals surface area contributed by atoms with E-state index in [2.05, 4.69) is 25.5 Å². The smallest absolute Gasteiger partial charge is 0.259 e. The van der Waals surface area contributed by atoms with E-state index in [4.69, 9.17) is 0 Å². The van der Waals surface area contributed by atoms with Gasteiger partial charge in [0.2, 0.25) is 5.91 Å². The van der Waals surface area contributed by atoms with Crippen molar-refractivity contribution in [2.75, 3.05) is 18.4 Å². The van der Waals surface area contributed by atoms with Crippen molar-refractivity contribution in [2.45, 2.75) is 38.6 Å². The Morgan fingerprint density at radius 2 is 1.95 bits per heavy atom. The van der Waals surface area contributed by atoms with Crippen LogP contribution < -0.4 is 5.32 Å². The van der Waals surface area contributed by atoms with Crippen LogP contribution in [0.25, 0.3) is 17.2 Å². The fourth-order valence-corrected chi connectivity index (χ4v) is 4.57. The predicted molar refractivity (Wildman–Crippen MR) is 133 cm³/mol. The van der Waals surface area contributed by atoms with Crippen LogP contribution in [-0.4, -0.2) is 59.1 Å². The quantitative estimate of drug-likeness (QED) is 0.434. The molecule has 2 aliphatic rings. The standard InChI is InChI=1S/C26H25FN8O2/c1-15-8-20(27)19(9-23(15)34-12-22(28-13-34)17-6-7-17)26(37)31-24-5-3-4-21(30-24)25-32-29-14-35(25)18-10-33(11-18)16(2)36/h3-5,8-9,12-14,17-18H,6-7,10-11H2,1-2H3,(H,30,31,37). The van der Waals surface area contributed by atoms with Gasteiger partial charge in [-0.25, -0.2) is 14.4 Å². The van der Waals surface area contributed by atoms with Gasteiger partial charge in [0, 0.05) is 32.1 Å². The van der Waals surface area contributed by atoms with Gasteiger partial charge < -0.3 is 19.4 Å². The lowest BCUT2D eigenvalue weighted by Gasteiger charge is -2.39. The van der Waals surface area contributed by atoms with E-state index in [9.17, 15) is 14.0 Å². The van der Waals surface area contributed by atoms with Crippen molar-refractivity contribution < 1.29 is 14.0 Å². The van der Waals surface area contributed by atoms with Crippen LogP contribution >= 0.6 is 0 Å². The second kappa shape index (κ2) is 8.91. The van der Waals surface area contributed by atoms with Crippen LogP contribution in [0.4, 0.5) is 10.2 Å². The third-order valence-electron chi connectivity index (χ3n) is 6.90. The highest BCUT2D eigenvalue weighted by Gasteiger charge is 2.32. The number of hydrogen-bond acceptors (Lipinski definition) is 6. The number of amides is 2. The molecule has 6 rings (SSSR count). The largest absolute Gasteiger partial charge is 0.339 e. The molecule has 0 bridgehead atoms. The minimum absolute atomic E-state index is 0.0246. The van der Waals surface area contributed by atoms with Gasteiger partial charge in [-0.3, -0.25) is 9.59 Å². The average Bonchev–Trinajstić information content (AvgIpc) is 3.37. The summed E-state index contributed by atoms with van der Waals surface area (Å²) in [5.74, 6) is 0.0828. The Kier molecular flexibility index (Phi) is 5.54. The van der Waals surface area contributed by atoms with Gasteiger partial charge in [-0.05, 0) is 49.6 Å². The van der Waals surface area contributed by atoms with E-state index >= 15 is 0 Å². The number of nitrogens with one attached hydrogen (secondary N) is 1. The molecule has 37 heavy (non-hydrogen) atoms. The lowest BCUT2D eigenvalue weighted by atomic mass is 10.1. The van der Waals surface area contributed by atoms with Gasteiger partial charge in [-0.15, -0.1) is 10.2 Å². The zero-order chi connectivity index (χ0) is 25.7. The van der Waals surface area contributed by atoms with Crippen LogP contribution in [0.5, 0.6) is 0 Å². The molecule has 0 atom stereocenters. The number of likely N-dealkylation sites (tertiary alicyclic amines) is 1. The lowest BCUT2D eigenvalue weighted by Crippen LogP contribution is -2.49. The van der Waals surface area contributed by atoms with Crippen molar-refractivity contribution in [1.82, 2.24) is 34.2 Å². The molecule has 188 valence electrons. The number of rotatable bonds is 6. The fourth-order valence-electron chi connectivity index (χ4n) is 4.57. The summed E-state index contributed by atoms with van der Waals surface area (Å²) in [5.41, 5.74) is 2.83. The van der Waals surface area contributed by atoms with Crippen molar-refractivity contribution in [1.29, 1.82) is 0 Å². The lowest BCUT2D eigenvalue weighted by molar-refractivity contribution is -0.134. The average molecular weight is 501 g/mol. The van der Waals surface area contributed by atoms with E-state index in [1.165, 1.54) is 19.1 Å². The van der Waals surface area contributed by atoms with E-state index in [-0.39, 0.29) is 23.3 Å². The topological polar surface area (TPSA) is 111 Å². The molecule has 1 saturated heterocycles. The zero-order valence-electron chi connectivity index (χ0n) is 20.4. The summed E-state index contributed by atoms with van der Waals surface area (Å²) in [7, 11) is 0. The number of hydrogen-bond donors (Lipinski definition) is 1. The highest BCUT2D eigenvalue weighted by atomic mass is 19.1. The Morgan fingerprint density at radius 1 is 1.14 bits per heavy atom. The molecule has 1 saturated carbocycles. The summed E-state index contributed by atoms with van der Waals surface area (Å²) in [6, 6.07) is 8.08. The minimum atomic E-state index is -0.614. The number of aromatic nitrogens is 6. The summed E-state index contributed by atoms with van der Waals surface area (Å²) < 4.78 is 18.6. The number of anilines is 1. The summed E-state index contributed by atoms with van der Waals surface area (Å²) in [6.45, 7) is 4.49.